The zero-order valence-electron chi connectivity index (χ0n) is 5.04. The molecule has 9 heavy (non-hydrogen) atoms. The van der Waals surface area contributed by atoms with Gasteiger partial charge in [0.2, 0.25) is 0 Å². The average Bonchev–Trinajstić information content (AvgIpc) is 2.33. The Morgan fingerprint density at radius 3 is 3.44 bits per heavy atom. The van der Waals surface area contributed by atoms with E-state index in [2.05, 4.69) is 21.9 Å². The molecule has 1 fully saturated rings. The molecule has 2 heterocycles. The summed E-state index contributed by atoms with van der Waals surface area (Å²) in [6, 6.07) is 0. The second-order valence-corrected chi connectivity index (χ2v) is 2.32. The van der Waals surface area contributed by atoms with Crippen molar-refractivity contribution in [2.75, 3.05) is 6.54 Å². The van der Waals surface area contributed by atoms with Crippen molar-refractivity contribution < 1.29 is 0 Å². The summed E-state index contributed by atoms with van der Waals surface area (Å²) < 4.78 is 0. The number of hydrogen-bond acceptors (Lipinski definition) is 3. The fourth-order valence-corrected chi connectivity index (χ4v) is 1.16. The molecule has 0 aromatic carbocycles. The lowest BCUT2D eigenvalue weighted by atomic mass is 10.1. The molecule has 3 heteroatoms. The number of rotatable bonds is 0. The summed E-state index contributed by atoms with van der Waals surface area (Å²) in [7, 11) is 0. The number of nitrogens with one attached hydrogen (secondary N) is 2. The van der Waals surface area contributed by atoms with Crippen LogP contribution in [0.15, 0.2) is 17.1 Å². The molecule has 2 aliphatic rings. The standard InChI is InChI=1S/C6H9N3/c1-2-5-4-8-9-6(5)7-3-1/h1-3,5-6,8-9H,4H2. The summed E-state index contributed by atoms with van der Waals surface area (Å²) in [5.41, 5.74) is 6.11. The molecule has 1 saturated heterocycles. The first kappa shape index (κ1) is 5.14. The fraction of sp³-hybridized carbons (Fsp3) is 0.500. The van der Waals surface area contributed by atoms with Crippen LogP contribution in [0.4, 0.5) is 0 Å². The van der Waals surface area contributed by atoms with Crippen LogP contribution in [0, 0.1) is 5.92 Å². The highest BCUT2D eigenvalue weighted by atomic mass is 15.4. The second kappa shape index (κ2) is 1.93. The number of hydrazine groups is 1. The van der Waals surface area contributed by atoms with Crippen LogP contribution in [0.1, 0.15) is 0 Å². The molecule has 2 atom stereocenters. The van der Waals surface area contributed by atoms with Gasteiger partial charge in [0, 0.05) is 18.7 Å². The smallest absolute Gasteiger partial charge is 0.119 e. The Morgan fingerprint density at radius 2 is 2.56 bits per heavy atom. The van der Waals surface area contributed by atoms with Crippen LogP contribution in [-0.2, 0) is 0 Å². The van der Waals surface area contributed by atoms with Crippen LogP contribution in [0.3, 0.4) is 0 Å². The van der Waals surface area contributed by atoms with E-state index in [1.54, 1.807) is 0 Å². The largest absolute Gasteiger partial charge is 0.272 e. The van der Waals surface area contributed by atoms with Crippen molar-refractivity contribution in [3.05, 3.63) is 12.2 Å². The first-order valence-electron chi connectivity index (χ1n) is 3.15. The van der Waals surface area contributed by atoms with Crippen molar-refractivity contribution >= 4 is 6.21 Å². The maximum Gasteiger partial charge on any atom is 0.119 e. The van der Waals surface area contributed by atoms with E-state index >= 15 is 0 Å². The van der Waals surface area contributed by atoms with E-state index in [4.69, 9.17) is 0 Å². The van der Waals surface area contributed by atoms with E-state index in [9.17, 15) is 0 Å². The van der Waals surface area contributed by atoms with Crippen molar-refractivity contribution in [2.24, 2.45) is 10.9 Å². The molecule has 2 unspecified atom stereocenters. The van der Waals surface area contributed by atoms with Crippen LogP contribution in [0.2, 0.25) is 0 Å². The van der Waals surface area contributed by atoms with Gasteiger partial charge in [-0.25, -0.2) is 5.43 Å². The minimum absolute atomic E-state index is 0.287. The molecule has 0 aliphatic carbocycles. The zero-order valence-corrected chi connectivity index (χ0v) is 5.04. The molecule has 0 aromatic rings. The topological polar surface area (TPSA) is 36.4 Å². The highest BCUT2D eigenvalue weighted by Crippen LogP contribution is 2.12. The Labute approximate surface area is 53.8 Å². The first-order valence-corrected chi connectivity index (χ1v) is 3.15. The van der Waals surface area contributed by atoms with Gasteiger partial charge in [-0.2, -0.15) is 0 Å². The molecule has 48 valence electrons. The summed E-state index contributed by atoms with van der Waals surface area (Å²) in [6.07, 6.45) is 6.29. The minimum atomic E-state index is 0.287. The summed E-state index contributed by atoms with van der Waals surface area (Å²) >= 11 is 0. The van der Waals surface area contributed by atoms with Gasteiger partial charge in [0.1, 0.15) is 6.17 Å². The number of allylic oxidation sites excluding steroid dienone is 1. The SMILES string of the molecule is C1=CC2CNNC2N=C1. The Morgan fingerprint density at radius 1 is 1.56 bits per heavy atom. The van der Waals surface area contributed by atoms with Crippen molar-refractivity contribution in [2.45, 2.75) is 6.17 Å². The molecule has 0 radical (unpaired) electrons. The number of dihydropyridines is 1. The molecule has 0 aromatic heterocycles. The maximum absolute atomic E-state index is 4.21. The third kappa shape index (κ3) is 0.781. The number of hydrogen-bond donors (Lipinski definition) is 2. The van der Waals surface area contributed by atoms with E-state index in [1.165, 1.54) is 0 Å². The predicted octanol–water partition coefficient (Wildman–Crippen LogP) is -0.323. The fourth-order valence-electron chi connectivity index (χ4n) is 1.16. The molecule has 2 rings (SSSR count). The van der Waals surface area contributed by atoms with Crippen molar-refractivity contribution in [3.63, 3.8) is 0 Å². The lowest BCUT2D eigenvalue weighted by Crippen LogP contribution is -2.30. The highest BCUT2D eigenvalue weighted by molar-refractivity contribution is 5.72. The molecule has 2 N–H and O–H groups in total. The highest BCUT2D eigenvalue weighted by Gasteiger charge is 2.23. The van der Waals surface area contributed by atoms with E-state index in [-0.39, 0.29) is 6.17 Å². The van der Waals surface area contributed by atoms with Crippen LogP contribution >= 0.6 is 0 Å². The monoisotopic (exact) mass is 123 g/mol. The van der Waals surface area contributed by atoms with Crippen LogP contribution in [0.25, 0.3) is 0 Å². The van der Waals surface area contributed by atoms with Gasteiger partial charge in [-0.1, -0.05) is 6.08 Å². The van der Waals surface area contributed by atoms with Gasteiger partial charge >= 0.3 is 0 Å². The number of nitrogens with zero attached hydrogens (tertiary/aromatic N) is 1. The van der Waals surface area contributed by atoms with E-state index < -0.39 is 0 Å². The van der Waals surface area contributed by atoms with Gasteiger partial charge in [-0.15, -0.1) is 0 Å². The molecule has 3 nitrogen and oxygen atoms in total. The van der Waals surface area contributed by atoms with Gasteiger partial charge in [0.05, 0.1) is 0 Å². The van der Waals surface area contributed by atoms with Crippen molar-refractivity contribution in [1.29, 1.82) is 0 Å². The Kier molecular flexibility index (Phi) is 1.10. The van der Waals surface area contributed by atoms with E-state index in [1.807, 2.05) is 12.3 Å². The molecule has 0 spiro atoms. The van der Waals surface area contributed by atoms with Crippen LogP contribution in [0.5, 0.6) is 0 Å². The molecular formula is C6H9N3. The van der Waals surface area contributed by atoms with Crippen molar-refractivity contribution in [1.82, 2.24) is 10.9 Å². The van der Waals surface area contributed by atoms with Gasteiger partial charge in [-0.05, 0) is 6.08 Å². The number of fused-ring (bicyclic) bond motifs is 1. The van der Waals surface area contributed by atoms with Gasteiger partial charge in [-0.3, -0.25) is 10.4 Å². The number of aliphatic imine (C=N–C) groups is 1. The summed E-state index contributed by atoms with van der Waals surface area (Å²) in [6.45, 7) is 0.999. The minimum Gasteiger partial charge on any atom is -0.272 e. The normalized spacial score (nSPS) is 39.1. The zero-order chi connectivity index (χ0) is 6.10. The lowest BCUT2D eigenvalue weighted by molar-refractivity contribution is 0.533. The van der Waals surface area contributed by atoms with Gasteiger partial charge < -0.3 is 0 Å². The molecular weight excluding hydrogens is 114 g/mol. The van der Waals surface area contributed by atoms with E-state index in [0.29, 0.717) is 5.92 Å². The Bertz CT molecular complexity index is 144. The lowest BCUT2D eigenvalue weighted by Gasteiger charge is -2.11. The van der Waals surface area contributed by atoms with Crippen LogP contribution in [-0.4, -0.2) is 18.9 Å². The predicted molar refractivity (Wildman–Crippen MR) is 36.0 cm³/mol. The van der Waals surface area contributed by atoms with Crippen molar-refractivity contribution in [3.8, 4) is 0 Å². The van der Waals surface area contributed by atoms with E-state index in [0.717, 1.165) is 6.54 Å². The quantitative estimate of drug-likeness (QED) is 0.463. The van der Waals surface area contributed by atoms with Gasteiger partial charge in [0.25, 0.3) is 0 Å². The first-order chi connectivity index (χ1) is 4.47. The van der Waals surface area contributed by atoms with Gasteiger partial charge in [0.15, 0.2) is 0 Å². The summed E-state index contributed by atoms with van der Waals surface area (Å²) in [5.74, 6) is 0.565. The van der Waals surface area contributed by atoms with Crippen LogP contribution < -0.4 is 10.9 Å². The summed E-state index contributed by atoms with van der Waals surface area (Å²) in [5, 5.41) is 0. The maximum atomic E-state index is 4.21. The molecule has 2 aliphatic heterocycles. The third-order valence-corrected chi connectivity index (χ3v) is 1.68. The Balaban J connectivity index is 2.18. The second-order valence-electron chi connectivity index (χ2n) is 2.32. The molecule has 0 bridgehead atoms. The average molecular weight is 123 g/mol. The molecule has 0 saturated carbocycles. The third-order valence-electron chi connectivity index (χ3n) is 1.68. The Hall–Kier alpha value is -0.670. The summed E-state index contributed by atoms with van der Waals surface area (Å²) in [4.78, 5) is 4.21. The molecule has 0 amide bonds.